The van der Waals surface area contributed by atoms with Crippen LogP contribution >= 0.6 is 0 Å². The Morgan fingerprint density at radius 3 is 3.06 bits per heavy atom. The minimum atomic E-state index is -0.423. The molecule has 1 saturated heterocycles. The number of nitrogens with one attached hydrogen (secondary N) is 1. The van der Waals surface area contributed by atoms with Crippen LogP contribution in [0.3, 0.4) is 0 Å². The summed E-state index contributed by atoms with van der Waals surface area (Å²) < 4.78 is 18.4. The number of nitrogens with zero attached hydrogens (tertiary/aromatic N) is 1. The second-order valence-corrected chi connectivity index (χ2v) is 3.76. The first-order valence-corrected chi connectivity index (χ1v) is 5.46. The molecule has 1 heterocycles. The zero-order valence-electron chi connectivity index (χ0n) is 9.23. The van der Waals surface area contributed by atoms with E-state index in [9.17, 15) is 9.18 Å². The highest BCUT2D eigenvalue weighted by Gasteiger charge is 2.22. The highest BCUT2D eigenvalue weighted by Crippen LogP contribution is 2.11. The molecule has 1 amide bonds. The molecular formula is C12H13FN2O2. The molecule has 1 aliphatic rings. The summed E-state index contributed by atoms with van der Waals surface area (Å²) in [5, 5.41) is 3.70. The number of carbonyl (C=O) groups is 1. The third-order valence-electron chi connectivity index (χ3n) is 2.51. The van der Waals surface area contributed by atoms with Crippen molar-refractivity contribution in [2.75, 3.05) is 6.61 Å². The van der Waals surface area contributed by atoms with E-state index in [-0.39, 0.29) is 11.7 Å². The van der Waals surface area contributed by atoms with E-state index in [0.29, 0.717) is 18.6 Å². The first kappa shape index (κ1) is 11.7. The monoisotopic (exact) mass is 236 g/mol. The summed E-state index contributed by atoms with van der Waals surface area (Å²) >= 11 is 0. The molecule has 0 saturated carbocycles. The normalized spacial score (nSPS) is 19.7. The quantitative estimate of drug-likeness (QED) is 0.638. The number of halogens is 1. The summed E-state index contributed by atoms with van der Waals surface area (Å²) in [6.45, 7) is 0.606. The van der Waals surface area contributed by atoms with Crippen molar-refractivity contribution in [3.8, 4) is 0 Å². The van der Waals surface area contributed by atoms with Crippen LogP contribution in [0.25, 0.3) is 0 Å². The van der Waals surface area contributed by atoms with Crippen molar-refractivity contribution < 1.29 is 13.9 Å². The van der Waals surface area contributed by atoms with Gasteiger partial charge in [0.1, 0.15) is 11.9 Å². The van der Waals surface area contributed by atoms with Gasteiger partial charge < -0.3 is 4.74 Å². The Balaban J connectivity index is 1.89. The summed E-state index contributed by atoms with van der Waals surface area (Å²) in [7, 11) is 0. The maximum absolute atomic E-state index is 13.2. The summed E-state index contributed by atoms with van der Waals surface area (Å²) in [6, 6.07) is 6.21. The van der Waals surface area contributed by atoms with Gasteiger partial charge in [-0.25, -0.2) is 9.82 Å². The van der Waals surface area contributed by atoms with Gasteiger partial charge in [0.25, 0.3) is 5.91 Å². The molecular weight excluding hydrogens is 223 g/mol. The zero-order chi connectivity index (χ0) is 12.1. The van der Waals surface area contributed by atoms with E-state index >= 15 is 0 Å². The van der Waals surface area contributed by atoms with E-state index in [0.717, 1.165) is 6.42 Å². The lowest BCUT2D eigenvalue weighted by Crippen LogP contribution is -2.30. The highest BCUT2D eigenvalue weighted by atomic mass is 19.1. The lowest BCUT2D eigenvalue weighted by Gasteiger charge is -2.05. The second kappa shape index (κ2) is 5.54. The molecule has 5 heteroatoms. The van der Waals surface area contributed by atoms with Crippen LogP contribution in [0.5, 0.6) is 0 Å². The molecule has 1 aromatic carbocycles. The first-order chi connectivity index (χ1) is 8.27. The molecule has 0 radical (unpaired) electrons. The average Bonchev–Trinajstić information content (AvgIpc) is 2.85. The summed E-state index contributed by atoms with van der Waals surface area (Å²) in [5.41, 5.74) is 2.67. The van der Waals surface area contributed by atoms with E-state index in [1.165, 1.54) is 12.3 Å². The van der Waals surface area contributed by atoms with Crippen LogP contribution in [0.1, 0.15) is 18.4 Å². The fourth-order valence-electron chi connectivity index (χ4n) is 1.60. The van der Waals surface area contributed by atoms with E-state index < -0.39 is 6.10 Å². The van der Waals surface area contributed by atoms with Gasteiger partial charge in [0, 0.05) is 12.2 Å². The molecule has 17 heavy (non-hydrogen) atoms. The van der Waals surface area contributed by atoms with Crippen LogP contribution in [0.4, 0.5) is 4.39 Å². The molecule has 1 aromatic rings. The van der Waals surface area contributed by atoms with Gasteiger partial charge in [-0.15, -0.1) is 0 Å². The van der Waals surface area contributed by atoms with Gasteiger partial charge in [0.15, 0.2) is 0 Å². The van der Waals surface area contributed by atoms with Crippen molar-refractivity contribution in [3.63, 3.8) is 0 Å². The van der Waals surface area contributed by atoms with Crippen LogP contribution in [0, 0.1) is 5.82 Å². The fraction of sp³-hybridized carbons (Fsp3) is 0.333. The Bertz CT molecular complexity index is 428. The van der Waals surface area contributed by atoms with E-state index in [4.69, 9.17) is 4.74 Å². The van der Waals surface area contributed by atoms with Crippen LogP contribution in [-0.2, 0) is 9.53 Å². The Kier molecular flexibility index (Phi) is 3.82. The van der Waals surface area contributed by atoms with Crippen molar-refractivity contribution >= 4 is 12.1 Å². The second-order valence-electron chi connectivity index (χ2n) is 3.76. The molecule has 4 nitrogen and oxygen atoms in total. The molecule has 0 spiro atoms. The predicted molar refractivity (Wildman–Crippen MR) is 61.1 cm³/mol. The molecule has 1 fully saturated rings. The average molecular weight is 236 g/mol. The van der Waals surface area contributed by atoms with E-state index in [1.54, 1.807) is 18.2 Å². The Morgan fingerprint density at radius 1 is 1.53 bits per heavy atom. The van der Waals surface area contributed by atoms with Crippen molar-refractivity contribution in [2.45, 2.75) is 18.9 Å². The van der Waals surface area contributed by atoms with Gasteiger partial charge in [-0.2, -0.15) is 5.10 Å². The SMILES string of the molecule is O=C(N/N=C\c1ccccc1F)[C@@H]1CCCO1. The molecule has 1 N–H and O–H groups in total. The molecule has 0 aromatic heterocycles. The summed E-state index contributed by atoms with van der Waals surface area (Å²) in [5.74, 6) is -0.655. The molecule has 1 atom stereocenters. The van der Waals surface area contributed by atoms with Crippen LogP contribution < -0.4 is 5.43 Å². The number of benzene rings is 1. The number of hydrazone groups is 1. The third-order valence-corrected chi connectivity index (χ3v) is 2.51. The predicted octanol–water partition coefficient (Wildman–Crippen LogP) is 1.45. The number of ether oxygens (including phenoxy) is 1. The number of hydrogen-bond acceptors (Lipinski definition) is 3. The topological polar surface area (TPSA) is 50.7 Å². The minimum absolute atomic E-state index is 0.282. The number of amides is 1. The number of carbonyl (C=O) groups excluding carboxylic acids is 1. The molecule has 1 aliphatic heterocycles. The fourth-order valence-corrected chi connectivity index (χ4v) is 1.60. The van der Waals surface area contributed by atoms with Gasteiger partial charge >= 0.3 is 0 Å². The lowest BCUT2D eigenvalue weighted by atomic mass is 10.2. The lowest BCUT2D eigenvalue weighted by molar-refractivity contribution is -0.130. The minimum Gasteiger partial charge on any atom is -0.368 e. The van der Waals surface area contributed by atoms with Crippen molar-refractivity contribution in [1.29, 1.82) is 0 Å². The smallest absolute Gasteiger partial charge is 0.269 e. The Morgan fingerprint density at radius 2 is 2.35 bits per heavy atom. The van der Waals surface area contributed by atoms with Crippen molar-refractivity contribution in [2.24, 2.45) is 5.10 Å². The highest BCUT2D eigenvalue weighted by molar-refractivity contribution is 5.84. The van der Waals surface area contributed by atoms with Gasteiger partial charge in [0.05, 0.1) is 6.21 Å². The largest absolute Gasteiger partial charge is 0.368 e. The molecule has 0 aliphatic carbocycles. The van der Waals surface area contributed by atoms with E-state index in [1.807, 2.05) is 0 Å². The molecule has 90 valence electrons. The Hall–Kier alpha value is -1.75. The van der Waals surface area contributed by atoms with Gasteiger partial charge in [-0.1, -0.05) is 18.2 Å². The van der Waals surface area contributed by atoms with Crippen molar-refractivity contribution in [3.05, 3.63) is 35.6 Å². The first-order valence-electron chi connectivity index (χ1n) is 5.46. The number of rotatable bonds is 3. The standard InChI is InChI=1S/C12H13FN2O2/c13-10-5-2-1-4-9(10)8-14-15-12(16)11-6-3-7-17-11/h1-2,4-5,8,11H,3,6-7H2,(H,15,16)/b14-8-/t11-/m0/s1. The van der Waals surface area contributed by atoms with Gasteiger partial charge in [-0.05, 0) is 18.9 Å². The van der Waals surface area contributed by atoms with Crippen LogP contribution in [-0.4, -0.2) is 24.8 Å². The van der Waals surface area contributed by atoms with Crippen LogP contribution in [0.2, 0.25) is 0 Å². The Labute approximate surface area is 98.5 Å². The summed E-state index contributed by atoms with van der Waals surface area (Å²) in [4.78, 5) is 11.5. The van der Waals surface area contributed by atoms with Crippen molar-refractivity contribution in [1.82, 2.24) is 5.43 Å². The zero-order valence-corrected chi connectivity index (χ0v) is 9.23. The molecule has 0 unspecified atom stereocenters. The third kappa shape index (κ3) is 3.10. The maximum atomic E-state index is 13.2. The number of hydrogen-bond donors (Lipinski definition) is 1. The molecule has 2 rings (SSSR count). The van der Waals surface area contributed by atoms with Gasteiger partial charge in [-0.3, -0.25) is 4.79 Å². The molecule has 0 bridgehead atoms. The summed E-state index contributed by atoms with van der Waals surface area (Å²) in [6.07, 6.45) is 2.45. The maximum Gasteiger partial charge on any atom is 0.269 e. The van der Waals surface area contributed by atoms with Gasteiger partial charge in [0.2, 0.25) is 0 Å². The van der Waals surface area contributed by atoms with E-state index in [2.05, 4.69) is 10.5 Å². The van der Waals surface area contributed by atoms with Crippen LogP contribution in [0.15, 0.2) is 29.4 Å².